The third kappa shape index (κ3) is 6.33. The molecular weight excluding hydrogens is 352 g/mol. The first-order valence-corrected chi connectivity index (χ1v) is 8.65. The Labute approximate surface area is 160 Å². The summed E-state index contributed by atoms with van der Waals surface area (Å²) in [4.78, 5) is 12.1. The zero-order chi connectivity index (χ0) is 17.3. The van der Waals surface area contributed by atoms with Crippen molar-refractivity contribution in [2.75, 3.05) is 19.7 Å². The molecule has 0 saturated carbocycles. The highest BCUT2D eigenvalue weighted by Crippen LogP contribution is 2.19. The molecule has 1 aliphatic rings. The SMILES string of the molecule is Cl.O=C(CC1CNCCO1)NCc1ccccc1OCc1ccccc1. The molecule has 0 spiro atoms. The van der Waals surface area contributed by atoms with Gasteiger partial charge in [-0.1, -0.05) is 48.5 Å². The van der Waals surface area contributed by atoms with E-state index >= 15 is 0 Å². The number of rotatable bonds is 7. The summed E-state index contributed by atoms with van der Waals surface area (Å²) >= 11 is 0. The Kier molecular flexibility index (Phi) is 8.41. The van der Waals surface area contributed by atoms with Gasteiger partial charge in [-0.2, -0.15) is 0 Å². The molecule has 6 heteroatoms. The molecule has 1 amide bonds. The van der Waals surface area contributed by atoms with Gasteiger partial charge in [-0.3, -0.25) is 4.79 Å². The molecule has 0 aromatic heterocycles. The number of halogens is 1. The van der Waals surface area contributed by atoms with Crippen LogP contribution in [0.1, 0.15) is 17.5 Å². The molecule has 2 N–H and O–H groups in total. The fraction of sp³-hybridized carbons (Fsp3) is 0.350. The molecule has 2 aromatic carbocycles. The number of nitrogens with one attached hydrogen (secondary N) is 2. The van der Waals surface area contributed by atoms with Gasteiger partial charge in [0.05, 0.1) is 19.1 Å². The minimum atomic E-state index is -0.0432. The van der Waals surface area contributed by atoms with E-state index in [4.69, 9.17) is 9.47 Å². The zero-order valence-corrected chi connectivity index (χ0v) is 15.5. The Morgan fingerprint density at radius 3 is 2.69 bits per heavy atom. The van der Waals surface area contributed by atoms with Crippen molar-refractivity contribution in [3.63, 3.8) is 0 Å². The highest BCUT2D eigenvalue weighted by molar-refractivity contribution is 5.85. The fourth-order valence-corrected chi connectivity index (χ4v) is 2.75. The summed E-state index contributed by atoms with van der Waals surface area (Å²) in [6.45, 7) is 3.19. The molecule has 2 aromatic rings. The van der Waals surface area contributed by atoms with E-state index in [1.165, 1.54) is 0 Å². The van der Waals surface area contributed by atoms with Gasteiger partial charge < -0.3 is 20.1 Å². The predicted molar refractivity (Wildman–Crippen MR) is 104 cm³/mol. The molecule has 1 atom stereocenters. The van der Waals surface area contributed by atoms with Crippen LogP contribution in [0.3, 0.4) is 0 Å². The van der Waals surface area contributed by atoms with Crippen LogP contribution in [-0.4, -0.2) is 31.7 Å². The number of ether oxygens (including phenoxy) is 2. The van der Waals surface area contributed by atoms with Crippen molar-refractivity contribution in [1.29, 1.82) is 0 Å². The maximum atomic E-state index is 12.1. The third-order valence-corrected chi connectivity index (χ3v) is 4.10. The lowest BCUT2D eigenvalue weighted by Crippen LogP contribution is -2.41. The first-order chi connectivity index (χ1) is 12.3. The summed E-state index contributed by atoms with van der Waals surface area (Å²) in [5.74, 6) is 0.786. The predicted octanol–water partition coefficient (Wildman–Crippen LogP) is 2.68. The molecule has 1 unspecified atom stereocenters. The second kappa shape index (κ2) is 10.8. The number of hydrogen-bond donors (Lipinski definition) is 2. The molecule has 5 nitrogen and oxygen atoms in total. The van der Waals surface area contributed by atoms with Crippen LogP contribution in [0.2, 0.25) is 0 Å². The van der Waals surface area contributed by atoms with Crippen molar-refractivity contribution in [3.8, 4) is 5.75 Å². The summed E-state index contributed by atoms with van der Waals surface area (Å²) in [6, 6.07) is 17.8. The summed E-state index contributed by atoms with van der Waals surface area (Å²) in [5.41, 5.74) is 2.08. The lowest BCUT2D eigenvalue weighted by molar-refractivity contribution is -0.124. The Hall–Kier alpha value is -2.08. The maximum Gasteiger partial charge on any atom is 0.222 e. The number of morpholine rings is 1. The highest BCUT2D eigenvalue weighted by Gasteiger charge is 2.17. The normalized spacial score (nSPS) is 16.4. The van der Waals surface area contributed by atoms with Crippen molar-refractivity contribution in [3.05, 3.63) is 65.7 Å². The molecule has 0 aliphatic carbocycles. The van der Waals surface area contributed by atoms with E-state index in [1.54, 1.807) is 0 Å². The third-order valence-electron chi connectivity index (χ3n) is 4.10. The maximum absolute atomic E-state index is 12.1. The average Bonchev–Trinajstić information content (AvgIpc) is 2.67. The van der Waals surface area contributed by atoms with E-state index in [-0.39, 0.29) is 24.4 Å². The van der Waals surface area contributed by atoms with E-state index in [1.807, 2.05) is 54.6 Å². The molecule has 1 fully saturated rings. The second-order valence-electron chi connectivity index (χ2n) is 6.06. The molecule has 1 aliphatic heterocycles. The van der Waals surface area contributed by atoms with Gasteiger partial charge in [-0.05, 0) is 11.6 Å². The summed E-state index contributed by atoms with van der Waals surface area (Å²) in [6.07, 6.45) is 0.332. The number of amides is 1. The minimum absolute atomic E-state index is 0. The van der Waals surface area contributed by atoms with Crippen molar-refractivity contribution in [1.82, 2.24) is 10.6 Å². The molecule has 3 rings (SSSR count). The van der Waals surface area contributed by atoms with E-state index in [0.717, 1.165) is 30.0 Å². The van der Waals surface area contributed by atoms with Gasteiger partial charge in [0.15, 0.2) is 0 Å². The van der Waals surface area contributed by atoms with E-state index in [9.17, 15) is 4.79 Å². The number of carbonyl (C=O) groups excluding carboxylic acids is 1. The van der Waals surface area contributed by atoms with Crippen LogP contribution < -0.4 is 15.4 Å². The second-order valence-corrected chi connectivity index (χ2v) is 6.06. The van der Waals surface area contributed by atoms with Crippen molar-refractivity contribution >= 4 is 18.3 Å². The number of carbonyl (C=O) groups is 1. The van der Waals surface area contributed by atoms with Crippen LogP contribution in [0.25, 0.3) is 0 Å². The lowest BCUT2D eigenvalue weighted by Gasteiger charge is -2.23. The Bertz CT molecular complexity index is 676. The molecular formula is C20H25ClN2O3. The minimum Gasteiger partial charge on any atom is -0.489 e. The van der Waals surface area contributed by atoms with Crippen LogP contribution in [0.4, 0.5) is 0 Å². The smallest absolute Gasteiger partial charge is 0.222 e. The molecule has 0 radical (unpaired) electrons. The van der Waals surface area contributed by atoms with Crippen molar-refractivity contribution < 1.29 is 14.3 Å². The van der Waals surface area contributed by atoms with Crippen LogP contribution in [0.15, 0.2) is 54.6 Å². The first-order valence-electron chi connectivity index (χ1n) is 8.65. The first kappa shape index (κ1) is 20.2. The summed E-state index contributed by atoms with van der Waals surface area (Å²) < 4.78 is 11.5. The van der Waals surface area contributed by atoms with Gasteiger partial charge in [0, 0.05) is 25.2 Å². The van der Waals surface area contributed by atoms with Crippen LogP contribution in [-0.2, 0) is 22.7 Å². The molecule has 1 saturated heterocycles. The number of para-hydroxylation sites is 1. The Balaban J connectivity index is 0.00000243. The Morgan fingerprint density at radius 1 is 1.15 bits per heavy atom. The molecule has 26 heavy (non-hydrogen) atoms. The average molecular weight is 377 g/mol. The lowest BCUT2D eigenvalue weighted by atomic mass is 10.1. The number of hydrogen-bond acceptors (Lipinski definition) is 4. The standard InChI is InChI=1S/C20H24N2O3.ClH/c23-20(12-18-14-21-10-11-24-18)22-13-17-8-4-5-9-19(17)25-15-16-6-2-1-3-7-16;/h1-9,18,21H,10-15H2,(H,22,23);1H. The van der Waals surface area contributed by atoms with Crippen molar-refractivity contribution in [2.45, 2.75) is 25.7 Å². The van der Waals surface area contributed by atoms with Crippen molar-refractivity contribution in [2.24, 2.45) is 0 Å². The van der Waals surface area contributed by atoms with Gasteiger partial charge in [0.2, 0.25) is 5.91 Å². The highest BCUT2D eigenvalue weighted by atomic mass is 35.5. The largest absolute Gasteiger partial charge is 0.489 e. The van der Waals surface area contributed by atoms with E-state index < -0.39 is 0 Å². The van der Waals surface area contributed by atoms with E-state index in [0.29, 0.717) is 26.2 Å². The quantitative estimate of drug-likeness (QED) is 0.780. The topological polar surface area (TPSA) is 59.6 Å². The fourth-order valence-electron chi connectivity index (χ4n) is 2.75. The zero-order valence-electron chi connectivity index (χ0n) is 14.6. The molecule has 1 heterocycles. The van der Waals surface area contributed by atoms with Crippen LogP contribution >= 0.6 is 12.4 Å². The summed E-state index contributed by atoms with van der Waals surface area (Å²) in [5, 5.41) is 6.19. The molecule has 140 valence electrons. The van der Waals surface area contributed by atoms with Gasteiger partial charge in [0.1, 0.15) is 12.4 Å². The van der Waals surface area contributed by atoms with E-state index in [2.05, 4.69) is 10.6 Å². The monoisotopic (exact) mass is 376 g/mol. The molecule has 0 bridgehead atoms. The van der Waals surface area contributed by atoms with Gasteiger partial charge >= 0.3 is 0 Å². The van der Waals surface area contributed by atoms with Gasteiger partial charge in [-0.25, -0.2) is 0 Å². The Morgan fingerprint density at radius 2 is 1.92 bits per heavy atom. The van der Waals surface area contributed by atoms with Gasteiger partial charge in [0.25, 0.3) is 0 Å². The number of benzene rings is 2. The van der Waals surface area contributed by atoms with Crippen LogP contribution in [0, 0.1) is 0 Å². The summed E-state index contributed by atoms with van der Waals surface area (Å²) in [7, 11) is 0. The van der Waals surface area contributed by atoms with Gasteiger partial charge in [-0.15, -0.1) is 12.4 Å². The van der Waals surface area contributed by atoms with Crippen LogP contribution in [0.5, 0.6) is 5.75 Å².